The van der Waals surface area contributed by atoms with Gasteiger partial charge in [-0.15, -0.1) is 6.42 Å². The van der Waals surface area contributed by atoms with Crippen LogP contribution in [0.5, 0.6) is 17.2 Å². The predicted molar refractivity (Wildman–Crippen MR) is 196 cm³/mol. The topological polar surface area (TPSA) is 27.7 Å². The second-order valence-electron chi connectivity index (χ2n) is 14.0. The van der Waals surface area contributed by atoms with Crippen molar-refractivity contribution in [1.82, 2.24) is 0 Å². The van der Waals surface area contributed by atoms with E-state index in [1.54, 1.807) is 14.2 Å². The van der Waals surface area contributed by atoms with Crippen molar-refractivity contribution in [2.75, 3.05) is 20.8 Å². The highest BCUT2D eigenvalue weighted by Crippen LogP contribution is 2.67. The number of terminal acetylenes is 1. The number of methoxy groups -OCH3 is 2. The number of rotatable bonds is 10. The Morgan fingerprint density at radius 1 is 0.510 bits per heavy atom. The Morgan fingerprint density at radius 2 is 0.918 bits per heavy atom. The van der Waals surface area contributed by atoms with Crippen LogP contribution in [-0.2, 0) is 0 Å². The predicted octanol–water partition coefficient (Wildman–Crippen LogP) is 10.4. The summed E-state index contributed by atoms with van der Waals surface area (Å²) in [4.78, 5) is 0. The molecular weight excluding hydrogens is 601 g/mol. The fraction of sp³-hybridized carbons (Fsp3) is 0.304. The third-order valence-electron chi connectivity index (χ3n) is 11.7. The lowest BCUT2D eigenvalue weighted by Crippen LogP contribution is -2.35. The van der Waals surface area contributed by atoms with E-state index in [1.165, 1.54) is 93.3 Å². The maximum Gasteiger partial charge on any atom is 0.128 e. The highest BCUT2D eigenvalue weighted by Gasteiger charge is 2.52. The van der Waals surface area contributed by atoms with Gasteiger partial charge < -0.3 is 14.2 Å². The Kier molecular flexibility index (Phi) is 7.31. The molecule has 0 saturated carbocycles. The molecule has 0 aromatic heterocycles. The normalized spacial score (nSPS) is 19.5. The maximum absolute atomic E-state index is 7.26. The highest BCUT2D eigenvalue weighted by molar-refractivity contribution is 5.83. The van der Waals surface area contributed by atoms with Crippen LogP contribution in [0, 0.1) is 12.3 Å². The van der Waals surface area contributed by atoms with Gasteiger partial charge in [-0.2, -0.15) is 0 Å². The summed E-state index contributed by atoms with van der Waals surface area (Å²) in [5.41, 5.74) is 16.4. The van der Waals surface area contributed by atoms with E-state index in [2.05, 4.69) is 97.8 Å². The van der Waals surface area contributed by atoms with Gasteiger partial charge in [0.05, 0.1) is 20.8 Å². The van der Waals surface area contributed by atoms with Crippen molar-refractivity contribution in [3.63, 3.8) is 0 Å². The van der Waals surface area contributed by atoms with Gasteiger partial charge in [0.1, 0.15) is 17.2 Å². The summed E-state index contributed by atoms with van der Waals surface area (Å²) in [5, 5.41) is 0. The second-order valence-corrected chi connectivity index (χ2v) is 14.0. The molecule has 0 fully saturated rings. The molecule has 0 aliphatic heterocycles. The highest BCUT2D eigenvalue weighted by atomic mass is 16.5. The smallest absolute Gasteiger partial charge is 0.128 e. The van der Waals surface area contributed by atoms with E-state index in [1.807, 2.05) is 0 Å². The van der Waals surface area contributed by atoms with Crippen LogP contribution in [0.4, 0.5) is 0 Å². The van der Waals surface area contributed by atoms with Crippen LogP contribution in [-0.4, -0.2) is 20.8 Å². The van der Waals surface area contributed by atoms with Gasteiger partial charge in [0.2, 0.25) is 0 Å². The quantitative estimate of drug-likeness (QED) is 0.110. The van der Waals surface area contributed by atoms with Crippen LogP contribution < -0.4 is 14.2 Å². The van der Waals surface area contributed by atoms with E-state index < -0.39 is 0 Å². The van der Waals surface area contributed by atoms with E-state index in [9.17, 15) is 0 Å². The standard InChI is InChI=1S/C46H42O3/c1-5-7-8-9-10-17-26-49-46-44-37-30-20-13-11-18-28(30)36(29-19-12-14-21-31(29)37)38(44)27(6-2)39-40-32-22-15-16-23-33(32)41(45(39)46)43-35(48-4)25-24-34(47-3)42(40)43/h2,11-16,18-25,36-37,40-41H,5,7-10,17,26H2,1,3-4H3/t36?,37?,40-,41-/m1/s1. The Bertz CT molecular complexity index is 2120. The van der Waals surface area contributed by atoms with Gasteiger partial charge in [0.15, 0.2) is 0 Å². The third kappa shape index (κ3) is 4.16. The molecule has 0 unspecified atom stereocenters. The van der Waals surface area contributed by atoms with Crippen molar-refractivity contribution < 1.29 is 14.2 Å². The van der Waals surface area contributed by atoms with Crippen molar-refractivity contribution in [2.24, 2.45) is 0 Å². The van der Waals surface area contributed by atoms with E-state index >= 15 is 0 Å². The summed E-state index contributed by atoms with van der Waals surface area (Å²) in [6, 6.07) is 31.0. The van der Waals surface area contributed by atoms with Gasteiger partial charge in [-0.1, -0.05) is 118 Å². The molecule has 6 aliphatic carbocycles. The van der Waals surface area contributed by atoms with Crippen LogP contribution in [0.15, 0.2) is 84.9 Å². The first-order chi connectivity index (χ1) is 24.2. The fourth-order valence-electron chi connectivity index (χ4n) is 9.87. The molecular formula is C46H42O3. The molecule has 4 bridgehead atoms. The van der Waals surface area contributed by atoms with E-state index in [-0.39, 0.29) is 23.7 Å². The Morgan fingerprint density at radius 3 is 1.41 bits per heavy atom. The third-order valence-corrected chi connectivity index (χ3v) is 11.7. The first-order valence-electron chi connectivity index (χ1n) is 18.1. The molecule has 0 heterocycles. The van der Waals surface area contributed by atoms with Gasteiger partial charge in [0.25, 0.3) is 0 Å². The number of hydrogen-bond donors (Lipinski definition) is 0. The molecule has 5 aromatic carbocycles. The van der Waals surface area contributed by atoms with Crippen molar-refractivity contribution in [3.8, 4) is 29.6 Å². The fourth-order valence-corrected chi connectivity index (χ4v) is 9.87. The molecule has 49 heavy (non-hydrogen) atoms. The molecule has 244 valence electrons. The number of unbranched alkanes of at least 4 members (excludes halogenated alkanes) is 5. The Hall–Kier alpha value is -4.94. The van der Waals surface area contributed by atoms with Crippen molar-refractivity contribution in [3.05, 3.63) is 157 Å². The second kappa shape index (κ2) is 11.9. The molecule has 11 rings (SSSR count). The number of ether oxygens (including phenoxy) is 3. The SMILES string of the molecule is C#Cc1c2c(c(OCCCCCCCC)c3c1[C@H]1c4ccccc4[C@@H]3c3c(OC)ccc(OC)c31)C1c3ccccc3C2c2ccccc21. The largest absolute Gasteiger partial charge is 0.496 e. The molecule has 3 nitrogen and oxygen atoms in total. The van der Waals surface area contributed by atoms with Crippen LogP contribution in [0.2, 0.25) is 0 Å². The number of benzene rings is 5. The zero-order chi connectivity index (χ0) is 33.2. The zero-order valence-electron chi connectivity index (χ0n) is 28.6. The van der Waals surface area contributed by atoms with Gasteiger partial charge in [-0.05, 0) is 63.1 Å². The molecule has 0 N–H and O–H groups in total. The summed E-state index contributed by atoms with van der Waals surface area (Å²) in [6.45, 7) is 2.95. The maximum atomic E-state index is 7.26. The van der Waals surface area contributed by atoms with E-state index in [0.717, 1.165) is 34.8 Å². The lowest BCUT2D eigenvalue weighted by Gasteiger charge is -2.49. The molecule has 0 saturated heterocycles. The molecule has 6 aliphatic rings. The first-order valence-corrected chi connectivity index (χ1v) is 18.1. The van der Waals surface area contributed by atoms with E-state index in [4.69, 9.17) is 20.6 Å². The van der Waals surface area contributed by atoms with E-state index in [0.29, 0.717) is 6.61 Å². The van der Waals surface area contributed by atoms with Crippen molar-refractivity contribution in [2.45, 2.75) is 69.1 Å². The minimum Gasteiger partial charge on any atom is -0.496 e. The molecule has 0 amide bonds. The van der Waals surface area contributed by atoms with Gasteiger partial charge in [-0.3, -0.25) is 0 Å². The van der Waals surface area contributed by atoms with Crippen LogP contribution in [0.3, 0.4) is 0 Å². The Balaban J connectivity index is 1.35. The summed E-state index contributed by atoms with van der Waals surface area (Å²) in [6.07, 6.45) is 14.0. The summed E-state index contributed by atoms with van der Waals surface area (Å²) in [7, 11) is 3.55. The average molecular weight is 643 g/mol. The molecule has 5 aromatic rings. The zero-order valence-corrected chi connectivity index (χ0v) is 28.6. The van der Waals surface area contributed by atoms with Crippen LogP contribution in [0.1, 0.15) is 141 Å². The van der Waals surface area contributed by atoms with Gasteiger partial charge >= 0.3 is 0 Å². The van der Waals surface area contributed by atoms with Gasteiger partial charge in [0, 0.05) is 51.5 Å². The van der Waals surface area contributed by atoms with Crippen LogP contribution >= 0.6 is 0 Å². The van der Waals surface area contributed by atoms with Crippen LogP contribution in [0.25, 0.3) is 0 Å². The average Bonchev–Trinajstić information content (AvgIpc) is 3.16. The summed E-state index contributed by atoms with van der Waals surface area (Å²) in [5.74, 6) is 6.02. The van der Waals surface area contributed by atoms with Crippen molar-refractivity contribution >= 4 is 0 Å². The Labute approximate surface area is 290 Å². The van der Waals surface area contributed by atoms with Gasteiger partial charge in [-0.25, -0.2) is 0 Å². The summed E-state index contributed by atoms with van der Waals surface area (Å²) < 4.78 is 19.6. The lowest BCUT2D eigenvalue weighted by atomic mass is 9.54. The molecule has 0 spiro atoms. The first kappa shape index (κ1) is 30.1. The number of hydrogen-bond acceptors (Lipinski definition) is 3. The van der Waals surface area contributed by atoms with Crippen molar-refractivity contribution in [1.29, 1.82) is 0 Å². The summed E-state index contributed by atoms with van der Waals surface area (Å²) >= 11 is 0. The lowest BCUT2D eigenvalue weighted by molar-refractivity contribution is 0.295. The minimum absolute atomic E-state index is 0.0440. The minimum atomic E-state index is -0.102. The molecule has 2 atom stereocenters. The molecule has 3 heteroatoms. The monoisotopic (exact) mass is 642 g/mol. The molecule has 0 radical (unpaired) electrons.